The highest BCUT2D eigenvalue weighted by Crippen LogP contribution is 2.30. The number of rotatable bonds is 6. The third kappa shape index (κ3) is 3.65. The van der Waals surface area contributed by atoms with Gasteiger partial charge in [-0.1, -0.05) is 0 Å². The van der Waals surface area contributed by atoms with E-state index < -0.39 is 17.7 Å². The number of carbonyl (C=O) groups excluding carboxylic acids is 2. The molecule has 1 aliphatic rings. The summed E-state index contributed by atoms with van der Waals surface area (Å²) >= 11 is 0. The van der Waals surface area contributed by atoms with Crippen molar-refractivity contribution in [3.63, 3.8) is 0 Å². The summed E-state index contributed by atoms with van der Waals surface area (Å²) in [5, 5.41) is 1.34. The van der Waals surface area contributed by atoms with Crippen molar-refractivity contribution in [1.82, 2.24) is 10.0 Å². The molecule has 0 bridgehead atoms. The molecule has 8 nitrogen and oxygen atoms in total. The van der Waals surface area contributed by atoms with Crippen LogP contribution >= 0.6 is 0 Å². The smallest absolute Gasteiger partial charge is 0.364 e. The highest BCUT2D eigenvalue weighted by molar-refractivity contribution is 6.02. The predicted molar refractivity (Wildman–Crippen MR) is 80.2 cm³/mol. The largest absolute Gasteiger partial charge is 0.466 e. The van der Waals surface area contributed by atoms with E-state index in [1.54, 1.807) is 45.4 Å². The highest BCUT2D eigenvalue weighted by Gasteiger charge is 2.50. The van der Waals surface area contributed by atoms with Gasteiger partial charge in [0.05, 0.1) is 13.2 Å². The Bertz CT molecular complexity index is 604. The molecule has 1 atom stereocenters. The summed E-state index contributed by atoms with van der Waals surface area (Å²) < 4.78 is 9.93. The molecule has 0 radical (unpaired) electrons. The van der Waals surface area contributed by atoms with Crippen molar-refractivity contribution in [2.24, 2.45) is 4.99 Å². The number of amidine groups is 1. The molecule has 1 aromatic heterocycles. The van der Waals surface area contributed by atoms with E-state index in [0.717, 1.165) is 0 Å². The van der Waals surface area contributed by atoms with Gasteiger partial charge in [-0.2, -0.15) is 0 Å². The van der Waals surface area contributed by atoms with Crippen LogP contribution in [-0.4, -0.2) is 53.8 Å². The summed E-state index contributed by atoms with van der Waals surface area (Å²) in [4.78, 5) is 38.0. The molecule has 0 N–H and O–H groups in total. The molecule has 124 valence electrons. The van der Waals surface area contributed by atoms with Crippen molar-refractivity contribution >= 4 is 17.8 Å². The summed E-state index contributed by atoms with van der Waals surface area (Å²) in [6, 6.07) is 3.45. The van der Waals surface area contributed by atoms with Gasteiger partial charge in [0.2, 0.25) is 0 Å². The topological polar surface area (TPSA) is 90.3 Å². The number of pyridine rings is 1. The SMILES string of the molecule is CCOC(=O)CC1(C(=O)OCC)N=C(c2ccncc2)N(C)O1. The normalized spacial score (nSPS) is 20.1. The molecule has 0 amide bonds. The van der Waals surface area contributed by atoms with Crippen molar-refractivity contribution in [1.29, 1.82) is 0 Å². The van der Waals surface area contributed by atoms with Crippen LogP contribution in [0.5, 0.6) is 0 Å². The molecule has 0 aliphatic carbocycles. The van der Waals surface area contributed by atoms with Gasteiger partial charge in [0.15, 0.2) is 5.84 Å². The first-order valence-corrected chi connectivity index (χ1v) is 7.28. The first-order valence-electron chi connectivity index (χ1n) is 7.28. The van der Waals surface area contributed by atoms with E-state index >= 15 is 0 Å². The van der Waals surface area contributed by atoms with E-state index in [0.29, 0.717) is 11.4 Å². The fourth-order valence-corrected chi connectivity index (χ4v) is 2.16. The third-order valence-electron chi connectivity index (χ3n) is 3.09. The number of aromatic nitrogens is 1. The van der Waals surface area contributed by atoms with E-state index in [9.17, 15) is 9.59 Å². The molecule has 1 unspecified atom stereocenters. The van der Waals surface area contributed by atoms with Gasteiger partial charge in [-0.3, -0.25) is 9.78 Å². The molecule has 23 heavy (non-hydrogen) atoms. The maximum Gasteiger partial charge on any atom is 0.364 e. The van der Waals surface area contributed by atoms with Crippen molar-refractivity contribution < 1.29 is 23.9 Å². The van der Waals surface area contributed by atoms with Gasteiger partial charge in [-0.05, 0) is 26.0 Å². The summed E-state index contributed by atoms with van der Waals surface area (Å²) in [7, 11) is 1.60. The predicted octanol–water partition coefficient (Wildman–Crippen LogP) is 0.918. The zero-order valence-electron chi connectivity index (χ0n) is 13.3. The van der Waals surface area contributed by atoms with E-state index in [4.69, 9.17) is 14.3 Å². The number of esters is 2. The second kappa shape index (κ2) is 7.19. The van der Waals surface area contributed by atoms with Crippen LogP contribution in [0.4, 0.5) is 0 Å². The summed E-state index contributed by atoms with van der Waals surface area (Å²) in [6.45, 7) is 3.70. The Morgan fingerprint density at radius 3 is 2.48 bits per heavy atom. The lowest BCUT2D eigenvalue weighted by Gasteiger charge is -2.23. The van der Waals surface area contributed by atoms with E-state index in [1.165, 1.54) is 5.06 Å². The maximum atomic E-state index is 12.3. The number of hydroxylamine groups is 2. The summed E-state index contributed by atoms with van der Waals surface area (Å²) in [6.07, 6.45) is 2.83. The Kier molecular flexibility index (Phi) is 5.28. The lowest BCUT2D eigenvalue weighted by molar-refractivity contribution is -0.207. The average molecular weight is 321 g/mol. The van der Waals surface area contributed by atoms with Crippen LogP contribution in [0.3, 0.4) is 0 Å². The number of carbonyl (C=O) groups is 2. The lowest BCUT2D eigenvalue weighted by Crippen LogP contribution is -2.43. The lowest BCUT2D eigenvalue weighted by atomic mass is 10.1. The second-order valence-corrected chi connectivity index (χ2v) is 4.75. The van der Waals surface area contributed by atoms with Crippen LogP contribution < -0.4 is 0 Å². The zero-order chi connectivity index (χ0) is 16.9. The van der Waals surface area contributed by atoms with Gasteiger partial charge in [0.1, 0.15) is 6.42 Å². The summed E-state index contributed by atoms with van der Waals surface area (Å²) in [5.41, 5.74) is -1.06. The van der Waals surface area contributed by atoms with Gasteiger partial charge in [-0.25, -0.2) is 19.7 Å². The standard InChI is InChI=1S/C15H19N3O5/c1-4-21-12(19)10-15(14(20)22-5-2)17-13(18(3)23-15)11-6-8-16-9-7-11/h6-9H,4-5,10H2,1-3H3. The Morgan fingerprint density at radius 1 is 1.22 bits per heavy atom. The Labute approximate surface area is 134 Å². The highest BCUT2D eigenvalue weighted by atomic mass is 16.7. The molecule has 0 saturated heterocycles. The molecule has 1 aromatic rings. The molecule has 0 saturated carbocycles. The van der Waals surface area contributed by atoms with E-state index in [2.05, 4.69) is 9.98 Å². The van der Waals surface area contributed by atoms with Gasteiger partial charge >= 0.3 is 11.9 Å². The number of aliphatic imine (C=N–C) groups is 1. The third-order valence-corrected chi connectivity index (χ3v) is 3.09. The summed E-state index contributed by atoms with van der Waals surface area (Å²) in [5.74, 6) is -0.914. The van der Waals surface area contributed by atoms with Crippen LogP contribution in [0.2, 0.25) is 0 Å². The van der Waals surface area contributed by atoms with Crippen molar-refractivity contribution in [3.05, 3.63) is 30.1 Å². The van der Waals surface area contributed by atoms with Crippen LogP contribution in [-0.2, 0) is 23.9 Å². The Morgan fingerprint density at radius 2 is 1.87 bits per heavy atom. The Hall–Kier alpha value is -2.48. The van der Waals surface area contributed by atoms with E-state index in [1.807, 2.05) is 0 Å². The van der Waals surface area contributed by atoms with Gasteiger partial charge in [0.25, 0.3) is 5.72 Å². The minimum Gasteiger partial charge on any atom is -0.466 e. The van der Waals surface area contributed by atoms with Crippen molar-refractivity contribution in [2.75, 3.05) is 20.3 Å². The van der Waals surface area contributed by atoms with Crippen LogP contribution in [0.1, 0.15) is 25.8 Å². The minimum atomic E-state index is -1.77. The van der Waals surface area contributed by atoms with Crippen LogP contribution in [0.15, 0.2) is 29.5 Å². The molecule has 1 aliphatic heterocycles. The average Bonchev–Trinajstić information content (AvgIpc) is 2.86. The molecule has 0 aromatic carbocycles. The van der Waals surface area contributed by atoms with Crippen LogP contribution in [0.25, 0.3) is 0 Å². The monoisotopic (exact) mass is 321 g/mol. The maximum absolute atomic E-state index is 12.3. The molecule has 8 heteroatoms. The first kappa shape index (κ1) is 16.9. The number of hydrogen-bond donors (Lipinski definition) is 0. The minimum absolute atomic E-state index is 0.149. The zero-order valence-corrected chi connectivity index (χ0v) is 13.3. The second-order valence-electron chi connectivity index (χ2n) is 4.75. The van der Waals surface area contributed by atoms with Crippen molar-refractivity contribution in [2.45, 2.75) is 26.0 Å². The number of nitrogens with zero attached hydrogens (tertiary/aromatic N) is 3. The first-order chi connectivity index (χ1) is 11.0. The molecule has 2 rings (SSSR count). The molecular formula is C15H19N3O5. The van der Waals surface area contributed by atoms with Crippen LogP contribution in [0, 0.1) is 0 Å². The Balaban J connectivity index is 2.36. The quantitative estimate of drug-likeness (QED) is 0.719. The van der Waals surface area contributed by atoms with Gasteiger partial charge in [-0.15, -0.1) is 0 Å². The molecule has 0 fully saturated rings. The number of ether oxygens (including phenoxy) is 2. The van der Waals surface area contributed by atoms with Gasteiger partial charge in [0, 0.05) is 25.0 Å². The molecule has 0 spiro atoms. The van der Waals surface area contributed by atoms with E-state index in [-0.39, 0.29) is 19.6 Å². The van der Waals surface area contributed by atoms with Crippen molar-refractivity contribution in [3.8, 4) is 0 Å². The number of hydrogen-bond acceptors (Lipinski definition) is 8. The fraction of sp³-hybridized carbons (Fsp3) is 0.467. The molecular weight excluding hydrogens is 302 g/mol. The van der Waals surface area contributed by atoms with Gasteiger partial charge < -0.3 is 9.47 Å². The molecule has 2 heterocycles. The fourth-order valence-electron chi connectivity index (χ4n) is 2.16.